The fourth-order valence-electron chi connectivity index (χ4n) is 3.62. The molecule has 1 N–H and O–H groups in total. The van der Waals surface area contributed by atoms with E-state index in [1.165, 1.54) is 0 Å². The maximum Gasteiger partial charge on any atom is 0.242 e. The number of fused-ring (bicyclic) bond motifs is 1. The predicted molar refractivity (Wildman–Crippen MR) is 101 cm³/mol. The van der Waals surface area contributed by atoms with Crippen LogP contribution < -0.4 is 14.8 Å². The highest BCUT2D eigenvalue weighted by Gasteiger charge is 2.30. The Labute approximate surface area is 158 Å². The van der Waals surface area contributed by atoms with Crippen molar-refractivity contribution in [1.29, 1.82) is 5.26 Å². The zero-order valence-corrected chi connectivity index (χ0v) is 15.0. The van der Waals surface area contributed by atoms with Crippen molar-refractivity contribution in [2.45, 2.75) is 18.9 Å². The molecule has 0 aliphatic carbocycles. The topological polar surface area (TPSA) is 74.6 Å². The number of carbonyl (C=O) groups is 1. The molecule has 2 aromatic rings. The Kier molecular flexibility index (Phi) is 4.84. The maximum atomic E-state index is 12.8. The van der Waals surface area contributed by atoms with Gasteiger partial charge in [-0.1, -0.05) is 6.07 Å². The molecule has 6 nitrogen and oxygen atoms in total. The molecule has 0 bridgehead atoms. The van der Waals surface area contributed by atoms with E-state index in [2.05, 4.69) is 11.4 Å². The molecule has 4 rings (SSSR count). The highest BCUT2D eigenvalue weighted by molar-refractivity contribution is 5.81. The van der Waals surface area contributed by atoms with Crippen molar-refractivity contribution >= 4 is 11.6 Å². The minimum atomic E-state index is 0.0658. The summed E-state index contributed by atoms with van der Waals surface area (Å²) in [5, 5.41) is 12.0. The summed E-state index contributed by atoms with van der Waals surface area (Å²) < 4.78 is 11.3. The van der Waals surface area contributed by atoms with Crippen molar-refractivity contribution in [3.05, 3.63) is 53.6 Å². The molecule has 27 heavy (non-hydrogen) atoms. The van der Waals surface area contributed by atoms with Crippen LogP contribution in [-0.4, -0.2) is 37.1 Å². The summed E-state index contributed by atoms with van der Waals surface area (Å²) in [7, 11) is 0. The molecule has 6 heteroatoms. The van der Waals surface area contributed by atoms with Gasteiger partial charge in [-0.25, -0.2) is 0 Å². The van der Waals surface area contributed by atoms with Gasteiger partial charge in [0.2, 0.25) is 5.91 Å². The predicted octanol–water partition coefficient (Wildman–Crippen LogP) is 3.11. The molecule has 0 spiro atoms. The van der Waals surface area contributed by atoms with Gasteiger partial charge in [0.15, 0.2) is 11.5 Å². The molecule has 2 aliphatic heterocycles. The molecule has 138 valence electrons. The third-order valence-electron chi connectivity index (χ3n) is 4.98. The Balaban J connectivity index is 1.43. The number of nitriles is 1. The molecule has 2 aliphatic rings. The molecule has 0 saturated carbocycles. The molecular formula is C21H21N3O3. The summed E-state index contributed by atoms with van der Waals surface area (Å²) in [4.78, 5) is 14.7. The highest BCUT2D eigenvalue weighted by atomic mass is 16.6. The molecule has 1 atom stereocenters. The molecule has 1 fully saturated rings. The van der Waals surface area contributed by atoms with Crippen LogP contribution in [0, 0.1) is 11.3 Å². The molecule has 1 unspecified atom stereocenters. The number of hydrogen-bond acceptors (Lipinski definition) is 5. The van der Waals surface area contributed by atoms with Gasteiger partial charge in [-0.2, -0.15) is 5.26 Å². The number of anilines is 1. The summed E-state index contributed by atoms with van der Waals surface area (Å²) >= 11 is 0. The minimum absolute atomic E-state index is 0.0658. The van der Waals surface area contributed by atoms with Crippen LogP contribution in [0.25, 0.3) is 0 Å². The van der Waals surface area contributed by atoms with E-state index in [1.807, 2.05) is 35.2 Å². The number of nitrogens with zero attached hydrogens (tertiary/aromatic N) is 2. The van der Waals surface area contributed by atoms with Crippen LogP contribution in [0.1, 0.15) is 30.0 Å². The summed E-state index contributed by atoms with van der Waals surface area (Å²) in [5.41, 5.74) is 2.52. The lowest BCUT2D eigenvalue weighted by atomic mass is 10.0. The molecule has 2 heterocycles. The average Bonchev–Trinajstić information content (AvgIpc) is 3.22. The molecule has 0 radical (unpaired) electrons. The Bertz CT molecular complexity index is 873. The quantitative estimate of drug-likeness (QED) is 0.903. The Morgan fingerprint density at radius 3 is 2.70 bits per heavy atom. The van der Waals surface area contributed by atoms with Crippen LogP contribution in [0.3, 0.4) is 0 Å². The van der Waals surface area contributed by atoms with Gasteiger partial charge in [0.05, 0.1) is 24.2 Å². The second-order valence-electron chi connectivity index (χ2n) is 6.69. The normalized spacial score (nSPS) is 18.0. The monoisotopic (exact) mass is 363 g/mol. The zero-order valence-electron chi connectivity index (χ0n) is 15.0. The van der Waals surface area contributed by atoms with Crippen molar-refractivity contribution < 1.29 is 14.3 Å². The number of ether oxygens (including phenoxy) is 2. The van der Waals surface area contributed by atoms with E-state index in [4.69, 9.17) is 14.7 Å². The third-order valence-corrected chi connectivity index (χ3v) is 4.98. The van der Waals surface area contributed by atoms with Gasteiger partial charge in [0.25, 0.3) is 0 Å². The molecular weight excluding hydrogens is 342 g/mol. The molecule has 1 amide bonds. The maximum absolute atomic E-state index is 12.8. The fourth-order valence-corrected chi connectivity index (χ4v) is 3.62. The van der Waals surface area contributed by atoms with Crippen molar-refractivity contribution in [3.8, 4) is 17.6 Å². The fraction of sp³-hybridized carbons (Fsp3) is 0.333. The Hall–Kier alpha value is -3.20. The summed E-state index contributed by atoms with van der Waals surface area (Å²) in [6.07, 6.45) is 1.93. The second kappa shape index (κ2) is 7.58. The SMILES string of the molecule is N#Cc1ccc(NCC(=O)N2CCCC2c2ccc3c(c2)OCCO3)cc1. The van der Waals surface area contributed by atoms with Crippen LogP contribution in [-0.2, 0) is 4.79 Å². The number of likely N-dealkylation sites (tertiary alicyclic amines) is 1. The lowest BCUT2D eigenvalue weighted by molar-refractivity contribution is -0.130. The van der Waals surface area contributed by atoms with Crippen LogP contribution in [0.15, 0.2) is 42.5 Å². The zero-order chi connectivity index (χ0) is 18.6. The first kappa shape index (κ1) is 17.2. The highest BCUT2D eigenvalue weighted by Crippen LogP contribution is 2.38. The summed E-state index contributed by atoms with van der Waals surface area (Å²) in [6.45, 7) is 2.11. The number of rotatable bonds is 4. The lowest BCUT2D eigenvalue weighted by Gasteiger charge is -2.27. The van der Waals surface area contributed by atoms with Gasteiger partial charge in [-0.05, 0) is 54.8 Å². The molecule has 1 saturated heterocycles. The van der Waals surface area contributed by atoms with E-state index in [-0.39, 0.29) is 18.5 Å². The number of carbonyl (C=O) groups excluding carboxylic acids is 1. The van der Waals surface area contributed by atoms with Gasteiger partial charge >= 0.3 is 0 Å². The van der Waals surface area contributed by atoms with Crippen molar-refractivity contribution in [1.82, 2.24) is 4.90 Å². The van der Waals surface area contributed by atoms with Crippen LogP contribution in [0.2, 0.25) is 0 Å². The first-order chi connectivity index (χ1) is 13.2. The van der Waals surface area contributed by atoms with E-state index in [0.29, 0.717) is 18.8 Å². The van der Waals surface area contributed by atoms with Crippen molar-refractivity contribution in [2.75, 3.05) is 31.6 Å². The van der Waals surface area contributed by atoms with E-state index in [0.717, 1.165) is 42.1 Å². The Morgan fingerprint density at radius 2 is 1.93 bits per heavy atom. The van der Waals surface area contributed by atoms with Gasteiger partial charge < -0.3 is 19.7 Å². The summed E-state index contributed by atoms with van der Waals surface area (Å²) in [6, 6.07) is 15.2. The number of nitrogens with one attached hydrogen (secondary N) is 1. The summed E-state index contributed by atoms with van der Waals surface area (Å²) in [5.74, 6) is 1.59. The van der Waals surface area contributed by atoms with Gasteiger partial charge in [-0.3, -0.25) is 4.79 Å². The number of benzene rings is 2. The standard InChI is InChI=1S/C21H21N3O3/c22-13-15-3-6-17(7-4-15)23-14-21(25)24-9-1-2-18(24)16-5-8-19-20(12-16)27-11-10-26-19/h3-8,12,18,23H,1-2,9-11,14H2. The Morgan fingerprint density at radius 1 is 1.15 bits per heavy atom. The van der Waals surface area contributed by atoms with Gasteiger partial charge in [0, 0.05) is 12.2 Å². The van der Waals surface area contributed by atoms with Gasteiger partial charge in [-0.15, -0.1) is 0 Å². The second-order valence-corrected chi connectivity index (χ2v) is 6.69. The average molecular weight is 363 g/mol. The van der Waals surface area contributed by atoms with Crippen LogP contribution >= 0.6 is 0 Å². The van der Waals surface area contributed by atoms with Crippen molar-refractivity contribution in [2.24, 2.45) is 0 Å². The van der Waals surface area contributed by atoms with Crippen LogP contribution in [0.4, 0.5) is 5.69 Å². The van der Waals surface area contributed by atoms with E-state index < -0.39 is 0 Å². The minimum Gasteiger partial charge on any atom is -0.486 e. The molecule has 0 aromatic heterocycles. The van der Waals surface area contributed by atoms with Crippen LogP contribution in [0.5, 0.6) is 11.5 Å². The largest absolute Gasteiger partial charge is 0.486 e. The lowest BCUT2D eigenvalue weighted by Crippen LogP contribution is -2.35. The van der Waals surface area contributed by atoms with E-state index in [9.17, 15) is 4.79 Å². The number of hydrogen-bond donors (Lipinski definition) is 1. The van der Waals surface area contributed by atoms with E-state index >= 15 is 0 Å². The third kappa shape index (κ3) is 3.68. The number of amides is 1. The van der Waals surface area contributed by atoms with E-state index in [1.54, 1.807) is 12.1 Å². The first-order valence-corrected chi connectivity index (χ1v) is 9.17. The smallest absolute Gasteiger partial charge is 0.242 e. The first-order valence-electron chi connectivity index (χ1n) is 9.17. The van der Waals surface area contributed by atoms with Gasteiger partial charge in [0.1, 0.15) is 13.2 Å². The molecule has 2 aromatic carbocycles. The van der Waals surface area contributed by atoms with Crippen molar-refractivity contribution in [3.63, 3.8) is 0 Å².